The summed E-state index contributed by atoms with van der Waals surface area (Å²) in [7, 11) is 0. The maximum absolute atomic E-state index is 12.0. The second kappa shape index (κ2) is 4.69. The third-order valence-corrected chi connectivity index (χ3v) is 3.30. The molecule has 0 fully saturated rings. The molecule has 0 atom stereocenters. The lowest BCUT2D eigenvalue weighted by molar-refractivity contribution is 0.590. The predicted octanol–water partition coefficient (Wildman–Crippen LogP) is 3.96. The normalized spacial score (nSPS) is 11.6. The molecule has 0 saturated heterocycles. The second-order valence-corrected chi connectivity index (χ2v) is 6.26. The number of H-pyrrole nitrogens is 1. The van der Waals surface area contributed by atoms with Gasteiger partial charge in [0, 0.05) is 11.8 Å². The molecule has 19 heavy (non-hydrogen) atoms. The minimum atomic E-state index is -0.0314. The van der Waals surface area contributed by atoms with Crippen LogP contribution in [0.4, 0.5) is 0 Å². The lowest BCUT2D eigenvalue weighted by atomic mass is 9.84. The molecule has 0 aliphatic heterocycles. The Hall–Kier alpha value is -1.83. The Morgan fingerprint density at radius 2 is 1.63 bits per heavy atom. The maximum atomic E-state index is 12.0. The van der Waals surface area contributed by atoms with Crippen LogP contribution in [0.25, 0.3) is 11.1 Å². The number of aromatic nitrogens is 1. The Bertz CT molecular complexity index is 660. The highest BCUT2D eigenvalue weighted by molar-refractivity contribution is 5.65. The molecule has 0 radical (unpaired) electrons. The third-order valence-electron chi connectivity index (χ3n) is 3.30. The summed E-state index contributed by atoms with van der Waals surface area (Å²) in [5, 5.41) is 0. The average molecular weight is 255 g/mol. The fourth-order valence-corrected chi connectivity index (χ4v) is 2.18. The summed E-state index contributed by atoms with van der Waals surface area (Å²) in [6.07, 6.45) is 1.74. The monoisotopic (exact) mass is 255 g/mol. The quantitative estimate of drug-likeness (QED) is 0.822. The zero-order valence-electron chi connectivity index (χ0n) is 12.3. The fourth-order valence-electron chi connectivity index (χ4n) is 2.18. The molecule has 2 nitrogen and oxygen atoms in total. The van der Waals surface area contributed by atoms with Crippen molar-refractivity contribution in [3.05, 3.63) is 57.5 Å². The van der Waals surface area contributed by atoms with Gasteiger partial charge in [0.25, 0.3) is 5.56 Å². The van der Waals surface area contributed by atoms with Gasteiger partial charge < -0.3 is 4.98 Å². The molecule has 0 spiro atoms. The molecule has 0 unspecified atom stereocenters. The number of aromatic amines is 1. The second-order valence-electron chi connectivity index (χ2n) is 6.26. The first-order valence-corrected chi connectivity index (χ1v) is 6.59. The van der Waals surface area contributed by atoms with Crippen LogP contribution < -0.4 is 5.56 Å². The van der Waals surface area contributed by atoms with Crippen molar-refractivity contribution in [1.82, 2.24) is 4.98 Å². The Morgan fingerprint density at radius 1 is 0.947 bits per heavy atom. The highest BCUT2D eigenvalue weighted by Gasteiger charge is 2.15. The summed E-state index contributed by atoms with van der Waals surface area (Å²) in [6.45, 7) is 10.6. The minimum Gasteiger partial charge on any atom is -0.328 e. The zero-order chi connectivity index (χ0) is 14.2. The van der Waals surface area contributed by atoms with Crippen LogP contribution in [-0.4, -0.2) is 4.98 Å². The predicted molar refractivity (Wildman–Crippen MR) is 80.7 cm³/mol. The van der Waals surface area contributed by atoms with E-state index in [1.165, 1.54) is 11.1 Å². The van der Waals surface area contributed by atoms with E-state index in [1.54, 1.807) is 6.20 Å². The molecule has 2 heteroatoms. The van der Waals surface area contributed by atoms with E-state index in [1.807, 2.05) is 13.0 Å². The summed E-state index contributed by atoms with van der Waals surface area (Å²) in [6, 6.07) is 8.32. The Balaban J connectivity index is 2.66. The van der Waals surface area contributed by atoms with Gasteiger partial charge in [0.05, 0.1) is 0 Å². The van der Waals surface area contributed by atoms with E-state index in [4.69, 9.17) is 0 Å². The van der Waals surface area contributed by atoms with Crippen LogP contribution in [-0.2, 0) is 5.41 Å². The van der Waals surface area contributed by atoms with Crippen molar-refractivity contribution in [3.8, 4) is 11.1 Å². The highest BCUT2D eigenvalue weighted by atomic mass is 16.1. The van der Waals surface area contributed by atoms with E-state index >= 15 is 0 Å². The van der Waals surface area contributed by atoms with Crippen LogP contribution >= 0.6 is 0 Å². The van der Waals surface area contributed by atoms with E-state index in [0.717, 1.165) is 16.7 Å². The molecule has 0 bridgehead atoms. The molecule has 0 aliphatic rings. The lowest BCUT2D eigenvalue weighted by Gasteiger charge is -2.20. The SMILES string of the molecule is Cc1cc(-c2cc(C)c[nH]c2=O)cc(C(C)(C)C)c1. The average Bonchev–Trinajstić information content (AvgIpc) is 2.30. The molecule has 2 rings (SSSR count). The van der Waals surface area contributed by atoms with Gasteiger partial charge in [-0.3, -0.25) is 4.79 Å². The van der Waals surface area contributed by atoms with Crippen molar-refractivity contribution < 1.29 is 0 Å². The third kappa shape index (κ3) is 2.95. The van der Waals surface area contributed by atoms with E-state index in [2.05, 4.69) is 50.9 Å². The van der Waals surface area contributed by atoms with Crippen molar-refractivity contribution in [3.63, 3.8) is 0 Å². The van der Waals surface area contributed by atoms with Crippen LogP contribution in [0.15, 0.2) is 35.3 Å². The van der Waals surface area contributed by atoms with Gasteiger partial charge >= 0.3 is 0 Å². The highest BCUT2D eigenvalue weighted by Crippen LogP contribution is 2.28. The molecular formula is C17H21NO. The maximum Gasteiger partial charge on any atom is 0.255 e. The van der Waals surface area contributed by atoms with Crippen LogP contribution in [0.1, 0.15) is 37.5 Å². The molecule has 100 valence electrons. The van der Waals surface area contributed by atoms with Gasteiger partial charge in [0.2, 0.25) is 0 Å². The van der Waals surface area contributed by atoms with Gasteiger partial charge in [-0.05, 0) is 42.0 Å². The number of aryl methyl sites for hydroxylation is 2. The Morgan fingerprint density at radius 3 is 2.26 bits per heavy atom. The van der Waals surface area contributed by atoms with Gasteiger partial charge in [-0.1, -0.05) is 44.5 Å². The van der Waals surface area contributed by atoms with Gasteiger partial charge in [0.1, 0.15) is 0 Å². The summed E-state index contributed by atoms with van der Waals surface area (Å²) in [5.74, 6) is 0. The summed E-state index contributed by atoms with van der Waals surface area (Å²) in [5.41, 5.74) is 5.29. The topological polar surface area (TPSA) is 32.9 Å². The summed E-state index contributed by atoms with van der Waals surface area (Å²) in [4.78, 5) is 14.8. The smallest absolute Gasteiger partial charge is 0.255 e. The largest absolute Gasteiger partial charge is 0.328 e. The Kier molecular flexibility index (Phi) is 3.36. The molecule has 1 aromatic carbocycles. The fraction of sp³-hybridized carbons (Fsp3) is 0.353. The van der Waals surface area contributed by atoms with E-state index in [0.29, 0.717) is 0 Å². The zero-order valence-corrected chi connectivity index (χ0v) is 12.3. The molecule has 1 N–H and O–H groups in total. The number of hydrogen-bond acceptors (Lipinski definition) is 1. The molecule has 1 heterocycles. The van der Waals surface area contributed by atoms with Crippen molar-refractivity contribution >= 4 is 0 Å². The van der Waals surface area contributed by atoms with Crippen LogP contribution in [0.2, 0.25) is 0 Å². The minimum absolute atomic E-state index is 0.0314. The van der Waals surface area contributed by atoms with Crippen molar-refractivity contribution in [1.29, 1.82) is 0 Å². The van der Waals surface area contributed by atoms with Crippen LogP contribution in [0.3, 0.4) is 0 Å². The van der Waals surface area contributed by atoms with Gasteiger partial charge in [-0.15, -0.1) is 0 Å². The van der Waals surface area contributed by atoms with Crippen LogP contribution in [0, 0.1) is 13.8 Å². The van der Waals surface area contributed by atoms with Crippen molar-refractivity contribution in [2.45, 2.75) is 40.0 Å². The number of nitrogens with one attached hydrogen (secondary N) is 1. The van der Waals surface area contributed by atoms with E-state index in [9.17, 15) is 4.79 Å². The molecular weight excluding hydrogens is 234 g/mol. The molecule has 0 aliphatic carbocycles. The van der Waals surface area contributed by atoms with E-state index in [-0.39, 0.29) is 11.0 Å². The Labute approximate surface area is 114 Å². The van der Waals surface area contributed by atoms with E-state index < -0.39 is 0 Å². The molecule has 1 aromatic heterocycles. The first kappa shape index (κ1) is 13.6. The summed E-state index contributed by atoms with van der Waals surface area (Å²) >= 11 is 0. The summed E-state index contributed by atoms with van der Waals surface area (Å²) < 4.78 is 0. The number of rotatable bonds is 1. The molecule has 0 amide bonds. The standard InChI is InChI=1S/C17H21NO/c1-11-6-13(9-14(7-11)17(3,4)5)15-8-12(2)10-18-16(15)19/h6-10H,1-5H3,(H,18,19). The first-order valence-electron chi connectivity index (χ1n) is 6.59. The number of pyridine rings is 1. The van der Waals surface area contributed by atoms with Gasteiger partial charge in [0.15, 0.2) is 0 Å². The number of hydrogen-bond donors (Lipinski definition) is 1. The van der Waals surface area contributed by atoms with Gasteiger partial charge in [-0.2, -0.15) is 0 Å². The number of benzene rings is 1. The van der Waals surface area contributed by atoms with Gasteiger partial charge in [-0.25, -0.2) is 0 Å². The lowest BCUT2D eigenvalue weighted by Crippen LogP contribution is -2.13. The van der Waals surface area contributed by atoms with Crippen molar-refractivity contribution in [2.75, 3.05) is 0 Å². The van der Waals surface area contributed by atoms with Crippen molar-refractivity contribution in [2.24, 2.45) is 0 Å². The molecule has 2 aromatic rings. The van der Waals surface area contributed by atoms with Crippen LogP contribution in [0.5, 0.6) is 0 Å². The first-order chi connectivity index (χ1) is 8.77. The molecule has 0 saturated carbocycles.